The Kier molecular flexibility index (Phi) is 7.59. The van der Waals surface area contributed by atoms with Gasteiger partial charge in [0.2, 0.25) is 5.91 Å². The van der Waals surface area contributed by atoms with Crippen LogP contribution in [0.3, 0.4) is 0 Å². The van der Waals surface area contributed by atoms with Crippen LogP contribution < -0.4 is 5.32 Å². The number of carboxylic acids is 1. The molecular formula is C16H23N3O8. The second-order valence-electron chi connectivity index (χ2n) is 6.18. The van der Waals surface area contributed by atoms with Gasteiger partial charge in [-0.25, -0.2) is 0 Å². The highest BCUT2D eigenvalue weighted by Gasteiger charge is 2.44. The number of pyridine rings is 1. The maximum Gasteiger partial charge on any atom is 0.317 e. The van der Waals surface area contributed by atoms with E-state index in [0.29, 0.717) is 5.69 Å². The molecule has 0 radical (unpaired) electrons. The molecule has 1 aliphatic rings. The van der Waals surface area contributed by atoms with Gasteiger partial charge in [0.1, 0.15) is 24.4 Å². The molecule has 0 aliphatic carbocycles. The SMILES string of the molecule is O=C(O)CN(CC(=O)N[C@H]1C(O)O[C@H](CO)[C@@H](O)[C@@H]1O)Cc1ccccn1. The Morgan fingerprint density at radius 2 is 1.93 bits per heavy atom. The predicted octanol–water partition coefficient (Wildman–Crippen LogP) is -3.12. The summed E-state index contributed by atoms with van der Waals surface area (Å²) in [6.07, 6.45) is -4.37. The maximum atomic E-state index is 12.3. The van der Waals surface area contributed by atoms with Crippen LogP contribution in [0.2, 0.25) is 0 Å². The first-order valence-electron chi connectivity index (χ1n) is 8.25. The molecule has 6 N–H and O–H groups in total. The lowest BCUT2D eigenvalue weighted by Crippen LogP contribution is -2.64. The smallest absolute Gasteiger partial charge is 0.317 e. The third-order valence-corrected chi connectivity index (χ3v) is 4.07. The highest BCUT2D eigenvalue weighted by atomic mass is 16.6. The van der Waals surface area contributed by atoms with Crippen molar-refractivity contribution in [2.24, 2.45) is 0 Å². The third kappa shape index (κ3) is 5.92. The lowest BCUT2D eigenvalue weighted by molar-refractivity contribution is -0.253. The number of hydrogen-bond donors (Lipinski definition) is 6. The third-order valence-electron chi connectivity index (χ3n) is 4.07. The van der Waals surface area contributed by atoms with E-state index in [2.05, 4.69) is 10.3 Å². The summed E-state index contributed by atoms with van der Waals surface area (Å²) in [6, 6.07) is 3.78. The fourth-order valence-corrected chi connectivity index (χ4v) is 2.77. The van der Waals surface area contributed by atoms with Gasteiger partial charge in [-0.05, 0) is 12.1 Å². The monoisotopic (exact) mass is 385 g/mol. The number of ether oxygens (including phenoxy) is 1. The van der Waals surface area contributed by atoms with Crippen LogP contribution >= 0.6 is 0 Å². The van der Waals surface area contributed by atoms with Crippen LogP contribution in [-0.4, -0.2) is 97.6 Å². The fraction of sp³-hybridized carbons (Fsp3) is 0.562. The molecule has 2 rings (SSSR count). The van der Waals surface area contributed by atoms with E-state index < -0.39 is 55.7 Å². The van der Waals surface area contributed by atoms with Gasteiger partial charge in [0.05, 0.1) is 25.4 Å². The standard InChI is InChI=1S/C16H23N3O8/c20-8-10-14(24)15(25)13(16(26)27-10)18-11(21)6-19(7-12(22)23)5-9-3-1-2-4-17-9/h1-4,10,13-16,20,24-26H,5-8H2,(H,18,21)(H,22,23)/t10-,13-,14-,15-,16?/m1/s1. The minimum atomic E-state index is -1.65. The summed E-state index contributed by atoms with van der Waals surface area (Å²) < 4.78 is 4.96. The Hall–Kier alpha value is -2.15. The molecule has 0 spiro atoms. The predicted molar refractivity (Wildman–Crippen MR) is 89.1 cm³/mol. The molecule has 5 atom stereocenters. The summed E-state index contributed by atoms with van der Waals surface area (Å²) in [5, 5.41) is 50.2. The highest BCUT2D eigenvalue weighted by molar-refractivity contribution is 5.79. The van der Waals surface area contributed by atoms with E-state index in [0.717, 1.165) is 0 Å². The molecule has 0 saturated carbocycles. The van der Waals surface area contributed by atoms with Crippen molar-refractivity contribution in [1.29, 1.82) is 0 Å². The molecule has 1 aliphatic heterocycles. The number of aliphatic hydroxyl groups excluding tert-OH is 4. The fourth-order valence-electron chi connectivity index (χ4n) is 2.77. The zero-order valence-electron chi connectivity index (χ0n) is 14.4. The van der Waals surface area contributed by atoms with Crippen molar-refractivity contribution in [2.75, 3.05) is 19.7 Å². The molecule has 1 aromatic rings. The molecule has 2 heterocycles. The van der Waals surface area contributed by atoms with Crippen molar-refractivity contribution >= 4 is 11.9 Å². The number of rotatable bonds is 8. The Morgan fingerprint density at radius 3 is 2.52 bits per heavy atom. The second-order valence-corrected chi connectivity index (χ2v) is 6.18. The van der Waals surface area contributed by atoms with Crippen molar-refractivity contribution in [1.82, 2.24) is 15.2 Å². The topological polar surface area (TPSA) is 173 Å². The summed E-state index contributed by atoms with van der Waals surface area (Å²) >= 11 is 0. The van der Waals surface area contributed by atoms with Crippen LogP contribution in [0.1, 0.15) is 5.69 Å². The Labute approximate surface area is 154 Å². The molecular weight excluding hydrogens is 362 g/mol. The van der Waals surface area contributed by atoms with Crippen LogP contribution in [-0.2, 0) is 20.9 Å². The van der Waals surface area contributed by atoms with E-state index in [9.17, 15) is 24.9 Å². The lowest BCUT2D eigenvalue weighted by atomic mass is 9.97. The number of carbonyl (C=O) groups excluding carboxylic acids is 1. The number of aliphatic hydroxyl groups is 4. The molecule has 0 aromatic carbocycles. The number of aliphatic carboxylic acids is 1. The number of carbonyl (C=O) groups is 2. The number of amides is 1. The maximum absolute atomic E-state index is 12.3. The number of hydrogen-bond acceptors (Lipinski definition) is 9. The zero-order chi connectivity index (χ0) is 20.0. The normalized spacial score (nSPS) is 28.1. The molecule has 0 bridgehead atoms. The van der Waals surface area contributed by atoms with E-state index in [4.69, 9.17) is 14.9 Å². The van der Waals surface area contributed by atoms with E-state index in [1.807, 2.05) is 0 Å². The van der Waals surface area contributed by atoms with Gasteiger partial charge in [-0.2, -0.15) is 0 Å². The number of nitrogens with one attached hydrogen (secondary N) is 1. The van der Waals surface area contributed by atoms with Crippen LogP contribution in [0.5, 0.6) is 0 Å². The average molecular weight is 385 g/mol. The minimum absolute atomic E-state index is 0.0993. The quantitative estimate of drug-likeness (QED) is 0.269. The number of nitrogens with zero attached hydrogens (tertiary/aromatic N) is 2. The van der Waals surface area contributed by atoms with Gasteiger partial charge in [-0.1, -0.05) is 6.07 Å². The summed E-state index contributed by atoms with van der Waals surface area (Å²) in [7, 11) is 0. The van der Waals surface area contributed by atoms with Gasteiger partial charge in [-0.15, -0.1) is 0 Å². The van der Waals surface area contributed by atoms with Crippen molar-refractivity contribution in [3.05, 3.63) is 30.1 Å². The molecule has 1 fully saturated rings. The minimum Gasteiger partial charge on any atom is -0.480 e. The highest BCUT2D eigenvalue weighted by Crippen LogP contribution is 2.19. The molecule has 11 nitrogen and oxygen atoms in total. The van der Waals surface area contributed by atoms with Crippen LogP contribution in [0.25, 0.3) is 0 Å². The molecule has 27 heavy (non-hydrogen) atoms. The Bertz CT molecular complexity index is 631. The molecule has 11 heteroatoms. The van der Waals surface area contributed by atoms with E-state index in [1.54, 1.807) is 24.4 Å². The van der Waals surface area contributed by atoms with Gasteiger partial charge in [-0.3, -0.25) is 19.5 Å². The summed E-state index contributed by atoms with van der Waals surface area (Å²) in [6.45, 7) is -1.29. The first-order chi connectivity index (χ1) is 12.8. The lowest BCUT2D eigenvalue weighted by Gasteiger charge is -2.40. The molecule has 1 unspecified atom stereocenters. The average Bonchev–Trinajstić information content (AvgIpc) is 2.62. The van der Waals surface area contributed by atoms with Crippen molar-refractivity contribution in [3.63, 3.8) is 0 Å². The first kappa shape index (κ1) is 21.2. The van der Waals surface area contributed by atoms with Gasteiger partial charge in [0.15, 0.2) is 6.29 Å². The molecule has 150 valence electrons. The van der Waals surface area contributed by atoms with E-state index in [1.165, 1.54) is 4.90 Å². The van der Waals surface area contributed by atoms with Gasteiger partial charge in [0.25, 0.3) is 0 Å². The molecule has 1 amide bonds. The van der Waals surface area contributed by atoms with Crippen molar-refractivity contribution in [3.8, 4) is 0 Å². The largest absolute Gasteiger partial charge is 0.480 e. The van der Waals surface area contributed by atoms with Gasteiger partial charge >= 0.3 is 5.97 Å². The molecule has 1 aromatic heterocycles. The summed E-state index contributed by atoms with van der Waals surface area (Å²) in [5.41, 5.74) is 0.564. The first-order valence-corrected chi connectivity index (χ1v) is 8.25. The van der Waals surface area contributed by atoms with Crippen LogP contribution in [0, 0.1) is 0 Å². The number of aromatic nitrogens is 1. The van der Waals surface area contributed by atoms with Crippen LogP contribution in [0.4, 0.5) is 0 Å². The van der Waals surface area contributed by atoms with Gasteiger partial charge < -0.3 is 35.6 Å². The van der Waals surface area contributed by atoms with E-state index in [-0.39, 0.29) is 13.1 Å². The van der Waals surface area contributed by atoms with Crippen LogP contribution in [0.15, 0.2) is 24.4 Å². The Balaban J connectivity index is 1.99. The number of carboxylic acid groups (broad SMARTS) is 1. The second kappa shape index (κ2) is 9.69. The van der Waals surface area contributed by atoms with Crippen molar-refractivity contribution < 1.29 is 39.9 Å². The van der Waals surface area contributed by atoms with E-state index >= 15 is 0 Å². The zero-order valence-corrected chi connectivity index (χ0v) is 14.4. The summed E-state index contributed by atoms with van der Waals surface area (Å²) in [4.78, 5) is 28.7. The van der Waals surface area contributed by atoms with Gasteiger partial charge in [0, 0.05) is 12.7 Å². The van der Waals surface area contributed by atoms with Crippen molar-refractivity contribution in [2.45, 2.75) is 37.2 Å². The summed E-state index contributed by atoms with van der Waals surface area (Å²) in [5.74, 6) is -1.82. The Morgan fingerprint density at radius 1 is 1.19 bits per heavy atom. The molecule has 1 saturated heterocycles.